The average Bonchev–Trinajstić information content (AvgIpc) is 2.88. The van der Waals surface area contributed by atoms with E-state index in [1.807, 2.05) is 12.1 Å². The highest BCUT2D eigenvalue weighted by molar-refractivity contribution is 5.86. The largest absolute Gasteiger partial charge is 0.493 e. The zero-order chi connectivity index (χ0) is 15.1. The number of rotatable bonds is 9. The Balaban J connectivity index is 1.96. The number of unbranched alkanes of at least 4 members (excludes halogenated alkanes) is 2. The maximum atomic E-state index is 10.5. The Morgan fingerprint density at radius 2 is 2.10 bits per heavy atom. The van der Waals surface area contributed by atoms with Gasteiger partial charge in [-0.15, -0.1) is 0 Å². The molecule has 0 amide bonds. The van der Waals surface area contributed by atoms with Crippen LogP contribution in [0.25, 0.3) is 10.9 Å². The van der Waals surface area contributed by atoms with Crippen LogP contribution in [-0.2, 0) is 11.3 Å². The first-order chi connectivity index (χ1) is 10.2. The first kappa shape index (κ1) is 15.4. The fourth-order valence-corrected chi connectivity index (χ4v) is 2.46. The molecule has 0 fully saturated rings. The van der Waals surface area contributed by atoms with Crippen molar-refractivity contribution < 1.29 is 14.6 Å². The molecule has 1 heterocycles. The molecule has 4 heteroatoms. The number of hydrogen-bond acceptors (Lipinski definition) is 2. The van der Waals surface area contributed by atoms with Crippen LogP contribution in [0.2, 0.25) is 0 Å². The van der Waals surface area contributed by atoms with Gasteiger partial charge in [-0.3, -0.25) is 4.79 Å². The third-order valence-corrected chi connectivity index (χ3v) is 3.53. The van der Waals surface area contributed by atoms with Crippen molar-refractivity contribution in [3.05, 3.63) is 30.5 Å². The molecular formula is C17H23NO3. The van der Waals surface area contributed by atoms with Gasteiger partial charge >= 0.3 is 5.97 Å². The fourth-order valence-electron chi connectivity index (χ4n) is 2.46. The summed E-state index contributed by atoms with van der Waals surface area (Å²) in [6, 6.07) is 8.23. The highest BCUT2D eigenvalue weighted by Gasteiger charge is 2.06. The van der Waals surface area contributed by atoms with Crippen molar-refractivity contribution >= 4 is 16.9 Å². The summed E-state index contributed by atoms with van der Waals surface area (Å²) < 4.78 is 7.99. The minimum atomic E-state index is -0.709. The van der Waals surface area contributed by atoms with E-state index in [1.165, 1.54) is 5.52 Å². The van der Waals surface area contributed by atoms with Crippen LogP contribution in [0, 0.1) is 0 Å². The topological polar surface area (TPSA) is 51.5 Å². The van der Waals surface area contributed by atoms with E-state index in [0.717, 1.165) is 50.0 Å². The molecule has 2 rings (SSSR count). The van der Waals surface area contributed by atoms with Crippen LogP contribution in [0.3, 0.4) is 0 Å². The zero-order valence-corrected chi connectivity index (χ0v) is 12.5. The van der Waals surface area contributed by atoms with Gasteiger partial charge in [0, 0.05) is 24.5 Å². The highest BCUT2D eigenvalue weighted by Crippen LogP contribution is 2.27. The number of carboxylic acids is 1. The van der Waals surface area contributed by atoms with Crippen LogP contribution in [0.15, 0.2) is 30.5 Å². The summed E-state index contributed by atoms with van der Waals surface area (Å²) in [6.07, 6.45) is 6.04. The van der Waals surface area contributed by atoms with Crippen LogP contribution in [0.4, 0.5) is 0 Å². The number of aliphatic carboxylic acids is 1. The van der Waals surface area contributed by atoms with Gasteiger partial charge in [-0.2, -0.15) is 0 Å². The molecule has 21 heavy (non-hydrogen) atoms. The van der Waals surface area contributed by atoms with Gasteiger partial charge in [-0.1, -0.05) is 19.4 Å². The lowest BCUT2D eigenvalue weighted by Crippen LogP contribution is -1.99. The first-order valence-electron chi connectivity index (χ1n) is 7.65. The summed E-state index contributed by atoms with van der Waals surface area (Å²) in [7, 11) is 0. The number of fused-ring (bicyclic) bond motifs is 1. The van der Waals surface area contributed by atoms with E-state index in [4.69, 9.17) is 9.84 Å². The van der Waals surface area contributed by atoms with Crippen LogP contribution in [0.5, 0.6) is 5.75 Å². The highest BCUT2D eigenvalue weighted by atomic mass is 16.5. The Morgan fingerprint density at radius 3 is 2.86 bits per heavy atom. The second kappa shape index (κ2) is 7.72. The lowest BCUT2D eigenvalue weighted by atomic mass is 10.2. The third kappa shape index (κ3) is 4.25. The quantitative estimate of drug-likeness (QED) is 0.708. The van der Waals surface area contributed by atoms with E-state index in [0.29, 0.717) is 0 Å². The maximum absolute atomic E-state index is 10.5. The molecule has 0 saturated carbocycles. The van der Waals surface area contributed by atoms with E-state index < -0.39 is 5.97 Å². The van der Waals surface area contributed by atoms with Gasteiger partial charge in [-0.25, -0.2) is 0 Å². The molecule has 0 saturated heterocycles. The summed E-state index contributed by atoms with van der Waals surface area (Å²) in [5, 5.41) is 9.77. The molecule has 114 valence electrons. The van der Waals surface area contributed by atoms with Crippen molar-refractivity contribution in [2.75, 3.05) is 6.61 Å². The first-order valence-corrected chi connectivity index (χ1v) is 7.65. The van der Waals surface area contributed by atoms with Gasteiger partial charge < -0.3 is 14.4 Å². The number of carboxylic acid groups (broad SMARTS) is 1. The van der Waals surface area contributed by atoms with Crippen LogP contribution >= 0.6 is 0 Å². The average molecular weight is 289 g/mol. The second-order valence-corrected chi connectivity index (χ2v) is 5.25. The predicted octanol–water partition coefficient (Wildman–Crippen LogP) is 4.08. The van der Waals surface area contributed by atoms with E-state index in [9.17, 15) is 4.79 Å². The maximum Gasteiger partial charge on any atom is 0.303 e. The molecule has 0 spiro atoms. The molecule has 4 nitrogen and oxygen atoms in total. The Morgan fingerprint density at radius 1 is 1.24 bits per heavy atom. The third-order valence-electron chi connectivity index (χ3n) is 3.53. The standard InChI is InChI=1S/C17H23NO3/c1-2-13-21-16-8-6-7-15-14(16)10-12-18(15)11-5-3-4-9-17(19)20/h6-8,10,12H,2-5,9,11,13H2,1H3,(H,19,20). The monoisotopic (exact) mass is 289 g/mol. The smallest absolute Gasteiger partial charge is 0.303 e. The molecule has 0 unspecified atom stereocenters. The van der Waals surface area contributed by atoms with Crippen LogP contribution < -0.4 is 4.74 Å². The van der Waals surface area contributed by atoms with Gasteiger partial charge in [0.2, 0.25) is 0 Å². The van der Waals surface area contributed by atoms with Gasteiger partial charge in [0.05, 0.1) is 12.1 Å². The number of nitrogens with zero attached hydrogens (tertiary/aromatic N) is 1. The Labute approximate surface area is 125 Å². The summed E-state index contributed by atoms with van der Waals surface area (Å²) >= 11 is 0. The van der Waals surface area contributed by atoms with Crippen molar-refractivity contribution in [2.24, 2.45) is 0 Å². The summed E-state index contributed by atoms with van der Waals surface area (Å²) in [5.74, 6) is 0.234. The normalized spacial score (nSPS) is 10.9. The Kier molecular flexibility index (Phi) is 5.67. The number of benzene rings is 1. The van der Waals surface area contributed by atoms with Crippen molar-refractivity contribution in [1.82, 2.24) is 4.57 Å². The van der Waals surface area contributed by atoms with Crippen molar-refractivity contribution in [3.63, 3.8) is 0 Å². The second-order valence-electron chi connectivity index (χ2n) is 5.25. The van der Waals surface area contributed by atoms with Crippen molar-refractivity contribution in [1.29, 1.82) is 0 Å². The number of hydrogen-bond donors (Lipinski definition) is 1. The SMILES string of the molecule is CCCOc1cccc2c1ccn2CCCCCC(=O)O. The molecule has 0 bridgehead atoms. The minimum absolute atomic E-state index is 0.265. The van der Waals surface area contributed by atoms with Gasteiger partial charge in [0.15, 0.2) is 0 Å². The van der Waals surface area contributed by atoms with Gasteiger partial charge in [0.1, 0.15) is 5.75 Å². The molecule has 0 radical (unpaired) electrons. The van der Waals surface area contributed by atoms with Crippen LogP contribution in [0.1, 0.15) is 39.0 Å². The summed E-state index contributed by atoms with van der Waals surface area (Å²) in [6.45, 7) is 3.75. The van der Waals surface area contributed by atoms with Gasteiger partial charge in [0.25, 0.3) is 0 Å². The Bertz CT molecular complexity index is 589. The Hall–Kier alpha value is -1.97. The minimum Gasteiger partial charge on any atom is -0.493 e. The lowest BCUT2D eigenvalue weighted by molar-refractivity contribution is -0.137. The summed E-state index contributed by atoms with van der Waals surface area (Å²) in [4.78, 5) is 10.5. The van der Waals surface area contributed by atoms with E-state index in [-0.39, 0.29) is 6.42 Å². The van der Waals surface area contributed by atoms with E-state index in [1.54, 1.807) is 0 Å². The number of aromatic nitrogens is 1. The van der Waals surface area contributed by atoms with Gasteiger partial charge in [-0.05, 0) is 37.5 Å². The molecule has 0 aliphatic heterocycles. The number of ether oxygens (including phenoxy) is 1. The van der Waals surface area contributed by atoms with E-state index in [2.05, 4.69) is 29.8 Å². The van der Waals surface area contributed by atoms with Crippen molar-refractivity contribution in [2.45, 2.75) is 45.6 Å². The molecular weight excluding hydrogens is 266 g/mol. The predicted molar refractivity (Wildman–Crippen MR) is 83.8 cm³/mol. The molecule has 0 atom stereocenters. The zero-order valence-electron chi connectivity index (χ0n) is 12.5. The van der Waals surface area contributed by atoms with E-state index >= 15 is 0 Å². The molecule has 0 aliphatic carbocycles. The fraction of sp³-hybridized carbons (Fsp3) is 0.471. The van der Waals surface area contributed by atoms with Crippen LogP contribution in [-0.4, -0.2) is 22.2 Å². The number of aryl methyl sites for hydroxylation is 1. The molecule has 0 aliphatic rings. The van der Waals surface area contributed by atoms with Crippen molar-refractivity contribution in [3.8, 4) is 5.75 Å². The number of carbonyl (C=O) groups is 1. The summed E-state index contributed by atoms with van der Waals surface area (Å²) in [5.41, 5.74) is 1.18. The molecule has 2 aromatic rings. The molecule has 1 aromatic carbocycles. The lowest BCUT2D eigenvalue weighted by Gasteiger charge is -2.08. The molecule has 1 N–H and O–H groups in total. The molecule has 1 aromatic heterocycles.